The van der Waals surface area contributed by atoms with Crippen LogP contribution in [0.5, 0.6) is 0 Å². The van der Waals surface area contributed by atoms with E-state index in [1.54, 1.807) is 0 Å². The van der Waals surface area contributed by atoms with Crippen molar-refractivity contribution < 1.29 is 4.79 Å². The Hall–Kier alpha value is -2.02. The maximum absolute atomic E-state index is 13.7. The lowest BCUT2D eigenvalue weighted by atomic mass is 9.90. The second-order valence-corrected chi connectivity index (χ2v) is 11.1. The highest BCUT2D eigenvalue weighted by molar-refractivity contribution is 8.00. The largest absolute Gasteiger partial charge is 0.356 e. The van der Waals surface area contributed by atoms with Crippen LogP contribution in [0.25, 0.3) is 5.65 Å². The molecule has 1 amide bonds. The van der Waals surface area contributed by atoms with Gasteiger partial charge in [0.25, 0.3) is 5.91 Å². The lowest BCUT2D eigenvalue weighted by molar-refractivity contribution is -0.130. The SMILES string of the molecule is Cc1cn2nc([C@@H]3CCCCN3C(=O)C3=C4CCCCC4SC3)cc2nc1N1CCCC1. The average Bonchev–Trinajstić information content (AvgIpc) is 3.57. The molecule has 0 aromatic carbocycles. The van der Waals surface area contributed by atoms with Crippen molar-refractivity contribution >= 4 is 29.1 Å². The molecule has 4 aliphatic rings. The van der Waals surface area contributed by atoms with E-state index in [0.29, 0.717) is 5.25 Å². The first kappa shape index (κ1) is 20.6. The number of aromatic nitrogens is 3. The smallest absolute Gasteiger partial charge is 0.251 e. The Kier molecular flexibility index (Phi) is 5.40. The van der Waals surface area contributed by atoms with Gasteiger partial charge in [-0.15, -0.1) is 11.8 Å². The summed E-state index contributed by atoms with van der Waals surface area (Å²) in [5.74, 6) is 2.27. The van der Waals surface area contributed by atoms with Gasteiger partial charge in [0.1, 0.15) is 5.82 Å². The van der Waals surface area contributed by atoms with Crippen LogP contribution in [0, 0.1) is 6.92 Å². The van der Waals surface area contributed by atoms with E-state index in [2.05, 4.69) is 29.0 Å². The van der Waals surface area contributed by atoms with Crippen LogP contribution in [0.3, 0.4) is 0 Å². The third kappa shape index (κ3) is 3.53. The predicted octanol–water partition coefficient (Wildman–Crippen LogP) is 4.68. The van der Waals surface area contributed by atoms with Crippen molar-refractivity contribution in [2.45, 2.75) is 76.0 Å². The summed E-state index contributed by atoms with van der Waals surface area (Å²) in [6.45, 7) is 5.15. The van der Waals surface area contributed by atoms with Gasteiger partial charge in [0, 0.05) is 54.0 Å². The minimum absolute atomic E-state index is 0.0641. The Balaban J connectivity index is 1.31. The number of amides is 1. The first-order chi connectivity index (χ1) is 15.7. The Morgan fingerprint density at radius 2 is 1.88 bits per heavy atom. The van der Waals surface area contributed by atoms with Crippen LogP contribution in [-0.2, 0) is 4.79 Å². The van der Waals surface area contributed by atoms with Crippen molar-refractivity contribution in [1.82, 2.24) is 19.5 Å². The molecule has 6 nitrogen and oxygen atoms in total. The number of nitrogens with zero attached hydrogens (tertiary/aromatic N) is 5. The van der Waals surface area contributed by atoms with Crippen molar-refractivity contribution in [3.63, 3.8) is 0 Å². The molecule has 5 heterocycles. The number of rotatable bonds is 3. The van der Waals surface area contributed by atoms with Crippen molar-refractivity contribution in [2.24, 2.45) is 0 Å². The fraction of sp³-hybridized carbons (Fsp3) is 0.640. The fourth-order valence-electron chi connectivity index (χ4n) is 6.07. The van der Waals surface area contributed by atoms with E-state index in [4.69, 9.17) is 10.1 Å². The van der Waals surface area contributed by atoms with Crippen LogP contribution in [-0.4, -0.2) is 56.0 Å². The van der Waals surface area contributed by atoms with Crippen LogP contribution < -0.4 is 4.90 Å². The molecular formula is C25H33N5OS. The Morgan fingerprint density at radius 3 is 2.75 bits per heavy atom. The molecule has 170 valence electrons. The Bertz CT molecular complexity index is 1070. The van der Waals surface area contributed by atoms with Gasteiger partial charge in [0.15, 0.2) is 5.65 Å². The monoisotopic (exact) mass is 451 g/mol. The summed E-state index contributed by atoms with van der Waals surface area (Å²) >= 11 is 1.99. The maximum atomic E-state index is 13.7. The van der Waals surface area contributed by atoms with Gasteiger partial charge in [-0.3, -0.25) is 4.79 Å². The van der Waals surface area contributed by atoms with Crippen LogP contribution in [0.2, 0.25) is 0 Å². The molecule has 1 saturated carbocycles. The number of fused-ring (bicyclic) bond motifs is 2. The van der Waals surface area contributed by atoms with Gasteiger partial charge in [-0.1, -0.05) is 6.42 Å². The molecule has 6 rings (SSSR count). The third-order valence-electron chi connectivity index (χ3n) is 7.76. The molecule has 0 radical (unpaired) electrons. The highest BCUT2D eigenvalue weighted by atomic mass is 32.2. The molecule has 0 bridgehead atoms. The third-order valence-corrected chi connectivity index (χ3v) is 9.14. The minimum atomic E-state index is 0.0641. The normalized spacial score (nSPS) is 26.3. The summed E-state index contributed by atoms with van der Waals surface area (Å²) < 4.78 is 1.92. The van der Waals surface area contributed by atoms with Crippen LogP contribution in [0.15, 0.2) is 23.4 Å². The molecule has 2 saturated heterocycles. The van der Waals surface area contributed by atoms with E-state index in [1.165, 1.54) is 43.2 Å². The zero-order valence-electron chi connectivity index (χ0n) is 19.1. The van der Waals surface area contributed by atoms with Gasteiger partial charge < -0.3 is 9.80 Å². The molecule has 1 unspecified atom stereocenters. The number of thioether (sulfide) groups is 1. The van der Waals surface area contributed by atoms with E-state index in [-0.39, 0.29) is 11.9 Å². The number of hydrogen-bond acceptors (Lipinski definition) is 5. The summed E-state index contributed by atoms with van der Waals surface area (Å²) in [5, 5.41) is 5.52. The molecule has 1 aliphatic carbocycles. The highest BCUT2D eigenvalue weighted by Gasteiger charge is 2.37. The predicted molar refractivity (Wildman–Crippen MR) is 129 cm³/mol. The number of anilines is 1. The van der Waals surface area contributed by atoms with Crippen molar-refractivity contribution in [2.75, 3.05) is 30.3 Å². The molecule has 7 heteroatoms. The van der Waals surface area contributed by atoms with E-state index in [1.807, 2.05) is 16.3 Å². The summed E-state index contributed by atoms with van der Waals surface area (Å²) in [6.07, 6.45) is 12.7. The molecular weight excluding hydrogens is 418 g/mol. The second-order valence-electron chi connectivity index (χ2n) is 9.87. The lowest BCUT2D eigenvalue weighted by Gasteiger charge is -2.35. The maximum Gasteiger partial charge on any atom is 0.251 e. The first-order valence-corrected chi connectivity index (χ1v) is 13.5. The molecule has 3 aliphatic heterocycles. The summed E-state index contributed by atoms with van der Waals surface area (Å²) in [6, 6.07) is 2.19. The molecule has 2 aromatic rings. The second kappa shape index (κ2) is 8.40. The van der Waals surface area contributed by atoms with E-state index >= 15 is 0 Å². The van der Waals surface area contributed by atoms with E-state index in [9.17, 15) is 4.79 Å². The highest BCUT2D eigenvalue weighted by Crippen LogP contribution is 2.43. The van der Waals surface area contributed by atoms with Gasteiger partial charge in [-0.2, -0.15) is 5.10 Å². The van der Waals surface area contributed by atoms with Crippen molar-refractivity contribution in [1.29, 1.82) is 0 Å². The number of carbonyl (C=O) groups is 1. The number of hydrogen-bond donors (Lipinski definition) is 0. The molecule has 2 aromatic heterocycles. The van der Waals surface area contributed by atoms with Crippen LogP contribution in [0.4, 0.5) is 5.82 Å². The Labute approximate surface area is 194 Å². The van der Waals surface area contributed by atoms with Gasteiger partial charge >= 0.3 is 0 Å². The molecule has 0 spiro atoms. The quantitative estimate of drug-likeness (QED) is 0.678. The summed E-state index contributed by atoms with van der Waals surface area (Å²) in [7, 11) is 0. The topological polar surface area (TPSA) is 53.7 Å². The lowest BCUT2D eigenvalue weighted by Crippen LogP contribution is -2.40. The molecule has 32 heavy (non-hydrogen) atoms. The van der Waals surface area contributed by atoms with Gasteiger partial charge in [-0.25, -0.2) is 9.50 Å². The van der Waals surface area contributed by atoms with Crippen LogP contribution in [0.1, 0.15) is 75.1 Å². The molecule has 0 N–H and O–H groups in total. The summed E-state index contributed by atoms with van der Waals surface area (Å²) in [4.78, 5) is 23.2. The molecule has 3 fully saturated rings. The number of carbonyl (C=O) groups excluding carboxylic acids is 1. The first-order valence-electron chi connectivity index (χ1n) is 12.5. The average molecular weight is 452 g/mol. The Morgan fingerprint density at radius 1 is 1.06 bits per heavy atom. The number of aryl methyl sites for hydroxylation is 1. The van der Waals surface area contributed by atoms with Gasteiger partial charge in [0.05, 0.1) is 11.7 Å². The van der Waals surface area contributed by atoms with E-state index < -0.39 is 0 Å². The van der Waals surface area contributed by atoms with E-state index in [0.717, 1.165) is 73.8 Å². The zero-order chi connectivity index (χ0) is 21.7. The van der Waals surface area contributed by atoms with Gasteiger partial charge in [0.2, 0.25) is 0 Å². The summed E-state index contributed by atoms with van der Waals surface area (Å²) in [5.41, 5.74) is 5.64. The zero-order valence-corrected chi connectivity index (χ0v) is 19.9. The number of likely N-dealkylation sites (tertiary alicyclic amines) is 1. The standard InChI is InChI=1S/C25H33N5OS/c1-17-15-30-23(26-24(17)28-11-6-7-12-28)14-20(27-30)21-9-4-5-13-29(21)25(31)19-16-32-22-10-3-2-8-18(19)22/h14-15,21-22H,2-13,16H2,1H3/t21-,22?/m0/s1. The van der Waals surface area contributed by atoms with Crippen molar-refractivity contribution in [3.05, 3.63) is 34.7 Å². The van der Waals surface area contributed by atoms with Crippen molar-refractivity contribution in [3.8, 4) is 0 Å². The minimum Gasteiger partial charge on any atom is -0.356 e. The molecule has 2 atom stereocenters. The van der Waals surface area contributed by atoms with Gasteiger partial charge in [-0.05, 0) is 63.9 Å². The fourth-order valence-corrected chi connectivity index (χ4v) is 7.54. The van der Waals surface area contributed by atoms with Crippen LogP contribution >= 0.6 is 11.8 Å². The number of piperidine rings is 1.